The monoisotopic (exact) mass is 525 g/mol. The van der Waals surface area contributed by atoms with E-state index in [4.69, 9.17) is 13.9 Å². The lowest BCUT2D eigenvalue weighted by Crippen LogP contribution is -2.66. The van der Waals surface area contributed by atoms with Crippen molar-refractivity contribution in [2.24, 2.45) is 0 Å². The molecule has 202 valence electrons. The number of alkyl carbamates (subject to hydrolysis) is 1. The molecule has 0 aliphatic heterocycles. The second kappa shape index (κ2) is 13.6. The van der Waals surface area contributed by atoms with Crippen LogP contribution in [0.5, 0.6) is 0 Å². The zero-order valence-electron chi connectivity index (χ0n) is 23.4. The third-order valence-corrected chi connectivity index (χ3v) is 10.8. The normalized spacial score (nSPS) is 13.3. The highest BCUT2D eigenvalue weighted by molar-refractivity contribution is 6.99. The first-order valence-electron chi connectivity index (χ1n) is 12.9. The Hall–Kier alpha value is -2.90. The van der Waals surface area contributed by atoms with Gasteiger partial charge in [-0.3, -0.25) is 4.79 Å². The SMILES string of the molecule is C[C@H](/C=C/CCCO[Si](c1ccccc1)(c1ccccc1)C(C)(C)C)OC(=O)CNC(=O)OC(C)(C)C. The molecule has 1 N–H and O–H groups in total. The first-order valence-corrected chi connectivity index (χ1v) is 14.8. The van der Waals surface area contributed by atoms with Crippen molar-refractivity contribution < 1.29 is 23.5 Å². The minimum absolute atomic E-state index is 0.0540. The van der Waals surface area contributed by atoms with Crippen molar-refractivity contribution in [3.63, 3.8) is 0 Å². The van der Waals surface area contributed by atoms with Crippen LogP contribution >= 0.6 is 0 Å². The topological polar surface area (TPSA) is 73.9 Å². The Bertz CT molecular complexity index is 970. The van der Waals surface area contributed by atoms with Crippen LogP contribution < -0.4 is 15.7 Å². The van der Waals surface area contributed by atoms with E-state index >= 15 is 0 Å². The molecule has 0 fully saturated rings. The molecule has 0 aliphatic rings. The number of rotatable bonds is 11. The van der Waals surface area contributed by atoms with E-state index in [1.54, 1.807) is 27.7 Å². The Kier molecular flexibility index (Phi) is 11.1. The van der Waals surface area contributed by atoms with Crippen molar-refractivity contribution in [3.05, 3.63) is 72.8 Å². The van der Waals surface area contributed by atoms with Crippen molar-refractivity contribution in [2.45, 2.75) is 78.1 Å². The second-order valence-electron chi connectivity index (χ2n) is 11.1. The standard InChI is InChI=1S/C30H43NO5Si/c1-24(35-27(32)23-31-28(33)36-29(2,3)4)17-11-10-16-22-34-37(30(5,6)7,25-18-12-8-13-19-25)26-20-14-9-15-21-26/h8-9,11-15,17-21,24H,10,16,22-23H2,1-7H3,(H,31,33)/b17-11+/t24-/m1/s1. The molecular weight excluding hydrogens is 482 g/mol. The predicted octanol–water partition coefficient (Wildman–Crippen LogP) is 5.36. The maximum atomic E-state index is 12.0. The highest BCUT2D eigenvalue weighted by Gasteiger charge is 2.49. The number of carbonyl (C=O) groups excluding carboxylic acids is 2. The van der Waals surface area contributed by atoms with E-state index in [1.165, 1.54) is 10.4 Å². The van der Waals surface area contributed by atoms with Crippen molar-refractivity contribution in [1.82, 2.24) is 5.32 Å². The average Bonchev–Trinajstić information content (AvgIpc) is 2.81. The second-order valence-corrected chi connectivity index (χ2v) is 15.4. The number of nitrogens with one attached hydrogen (secondary N) is 1. The number of ether oxygens (including phenoxy) is 2. The van der Waals surface area contributed by atoms with E-state index in [9.17, 15) is 9.59 Å². The van der Waals surface area contributed by atoms with Gasteiger partial charge in [0.25, 0.3) is 8.32 Å². The number of hydrogen-bond donors (Lipinski definition) is 1. The summed E-state index contributed by atoms with van der Waals surface area (Å²) >= 11 is 0. The van der Waals surface area contributed by atoms with Crippen molar-refractivity contribution in [3.8, 4) is 0 Å². The molecular formula is C30H43NO5Si. The molecule has 1 amide bonds. The molecule has 0 saturated heterocycles. The molecule has 0 aliphatic carbocycles. The maximum absolute atomic E-state index is 12.0. The van der Waals surface area contributed by atoms with E-state index in [-0.39, 0.29) is 11.6 Å². The lowest BCUT2D eigenvalue weighted by molar-refractivity contribution is -0.145. The van der Waals surface area contributed by atoms with Crippen LogP contribution in [0.1, 0.15) is 61.3 Å². The van der Waals surface area contributed by atoms with Crippen LogP contribution in [0.4, 0.5) is 4.79 Å². The largest absolute Gasteiger partial charge is 0.457 e. The number of carbonyl (C=O) groups is 2. The Balaban J connectivity index is 1.91. The van der Waals surface area contributed by atoms with Crippen LogP contribution in [0.15, 0.2) is 72.8 Å². The smallest absolute Gasteiger partial charge is 0.408 e. The molecule has 6 nitrogen and oxygen atoms in total. The zero-order valence-corrected chi connectivity index (χ0v) is 24.4. The summed E-state index contributed by atoms with van der Waals surface area (Å²) in [5.74, 6) is -0.516. The fraction of sp³-hybridized carbons (Fsp3) is 0.467. The molecule has 0 saturated carbocycles. The summed E-state index contributed by atoms with van der Waals surface area (Å²) in [5.41, 5.74) is -0.620. The summed E-state index contributed by atoms with van der Waals surface area (Å²) < 4.78 is 17.3. The van der Waals surface area contributed by atoms with E-state index in [2.05, 4.69) is 74.6 Å². The summed E-state index contributed by atoms with van der Waals surface area (Å²) in [6.45, 7) is 14.3. The van der Waals surface area contributed by atoms with Crippen molar-refractivity contribution in [1.29, 1.82) is 0 Å². The van der Waals surface area contributed by atoms with Gasteiger partial charge in [-0.15, -0.1) is 0 Å². The summed E-state index contributed by atoms with van der Waals surface area (Å²) in [6, 6.07) is 21.2. The predicted molar refractivity (Wildman–Crippen MR) is 152 cm³/mol. The highest BCUT2D eigenvalue weighted by Crippen LogP contribution is 2.36. The van der Waals surface area contributed by atoms with Crippen LogP contribution in [0.25, 0.3) is 0 Å². The van der Waals surface area contributed by atoms with Crippen molar-refractivity contribution >= 4 is 30.8 Å². The number of benzene rings is 2. The summed E-state index contributed by atoms with van der Waals surface area (Å²) in [4.78, 5) is 23.7. The first-order chi connectivity index (χ1) is 17.3. The van der Waals surface area contributed by atoms with E-state index < -0.39 is 32.1 Å². The van der Waals surface area contributed by atoms with Crippen LogP contribution in [0.2, 0.25) is 5.04 Å². The first kappa shape index (κ1) is 30.3. The van der Waals surface area contributed by atoms with E-state index in [0.29, 0.717) is 6.61 Å². The van der Waals surface area contributed by atoms with Gasteiger partial charge in [-0.05, 0) is 62.0 Å². The number of esters is 1. The molecule has 0 bridgehead atoms. The Morgan fingerprint density at radius 1 is 0.919 bits per heavy atom. The zero-order chi connectivity index (χ0) is 27.5. The lowest BCUT2D eigenvalue weighted by Gasteiger charge is -2.43. The van der Waals surface area contributed by atoms with Crippen LogP contribution in [0, 0.1) is 0 Å². The molecule has 7 heteroatoms. The van der Waals surface area contributed by atoms with E-state index in [0.717, 1.165) is 12.8 Å². The summed E-state index contributed by atoms with van der Waals surface area (Å²) in [5, 5.41) is 4.89. The number of amides is 1. The highest BCUT2D eigenvalue weighted by atomic mass is 28.4. The van der Waals surface area contributed by atoms with Gasteiger partial charge < -0.3 is 19.2 Å². The van der Waals surface area contributed by atoms with Crippen LogP contribution in [-0.2, 0) is 18.7 Å². The third kappa shape index (κ3) is 9.48. The third-order valence-electron chi connectivity index (χ3n) is 5.75. The molecule has 0 unspecified atom stereocenters. The summed E-state index contributed by atoms with van der Waals surface area (Å²) in [6.07, 6.45) is 4.47. The molecule has 2 aromatic rings. The minimum Gasteiger partial charge on any atom is -0.457 e. The van der Waals surface area contributed by atoms with Gasteiger partial charge in [-0.1, -0.05) is 87.5 Å². The summed E-state index contributed by atoms with van der Waals surface area (Å²) in [7, 11) is -2.52. The van der Waals surface area contributed by atoms with E-state index in [1.807, 2.05) is 24.3 Å². The minimum atomic E-state index is -2.52. The molecule has 2 rings (SSSR count). The molecule has 0 heterocycles. The fourth-order valence-corrected chi connectivity index (χ4v) is 8.83. The number of unbranched alkanes of at least 4 members (excludes halogenated alkanes) is 1. The van der Waals surface area contributed by atoms with Crippen LogP contribution in [0.3, 0.4) is 0 Å². The van der Waals surface area contributed by atoms with Gasteiger partial charge in [0.15, 0.2) is 0 Å². The molecule has 0 aromatic heterocycles. The molecule has 1 atom stereocenters. The van der Waals surface area contributed by atoms with Gasteiger partial charge in [0.05, 0.1) is 0 Å². The Labute approximate surface area is 223 Å². The number of hydrogen-bond acceptors (Lipinski definition) is 5. The van der Waals surface area contributed by atoms with Gasteiger partial charge in [0.1, 0.15) is 18.2 Å². The van der Waals surface area contributed by atoms with Gasteiger partial charge in [0.2, 0.25) is 0 Å². The van der Waals surface area contributed by atoms with Gasteiger partial charge in [0, 0.05) is 6.61 Å². The molecule has 37 heavy (non-hydrogen) atoms. The fourth-order valence-electron chi connectivity index (χ4n) is 4.22. The quantitative estimate of drug-likeness (QED) is 0.185. The molecule has 0 spiro atoms. The number of allylic oxidation sites excluding steroid dienone is 1. The van der Waals surface area contributed by atoms with Gasteiger partial charge >= 0.3 is 12.1 Å². The Morgan fingerprint density at radius 3 is 1.95 bits per heavy atom. The van der Waals surface area contributed by atoms with Crippen LogP contribution in [-0.4, -0.2) is 45.2 Å². The molecule has 0 radical (unpaired) electrons. The molecule has 2 aromatic carbocycles. The van der Waals surface area contributed by atoms with Crippen molar-refractivity contribution in [2.75, 3.05) is 13.2 Å². The van der Waals surface area contributed by atoms with Gasteiger partial charge in [-0.25, -0.2) is 4.79 Å². The lowest BCUT2D eigenvalue weighted by atomic mass is 10.2. The maximum Gasteiger partial charge on any atom is 0.408 e. The Morgan fingerprint density at radius 2 is 1.46 bits per heavy atom. The van der Waals surface area contributed by atoms with Gasteiger partial charge in [-0.2, -0.15) is 0 Å². The average molecular weight is 526 g/mol.